The van der Waals surface area contributed by atoms with Crippen LogP contribution in [0.15, 0.2) is 18.3 Å². The summed E-state index contributed by atoms with van der Waals surface area (Å²) in [5.74, 6) is 5.84. The van der Waals surface area contributed by atoms with Gasteiger partial charge in [0.25, 0.3) is 5.91 Å². The number of hydrogen-bond donors (Lipinski definition) is 3. The molecule has 0 aliphatic rings. The van der Waals surface area contributed by atoms with Gasteiger partial charge in [0.2, 0.25) is 0 Å². The molecule has 0 aliphatic carbocycles. The molecule has 0 spiro atoms. The van der Waals surface area contributed by atoms with Crippen LogP contribution in [0.4, 0.5) is 5.69 Å². The predicted octanol–water partition coefficient (Wildman–Crippen LogP) is 1.92. The SMILES string of the molecule is CC(C)CCCCNC(=O)c1cc(NN)ccn1. The summed E-state index contributed by atoms with van der Waals surface area (Å²) in [7, 11) is 0. The van der Waals surface area contributed by atoms with E-state index in [4.69, 9.17) is 5.84 Å². The molecule has 0 saturated heterocycles. The van der Waals surface area contributed by atoms with Gasteiger partial charge in [-0.3, -0.25) is 15.6 Å². The maximum atomic E-state index is 11.8. The van der Waals surface area contributed by atoms with E-state index in [1.165, 1.54) is 6.42 Å². The third kappa shape index (κ3) is 5.14. The first-order valence-corrected chi connectivity index (χ1v) is 6.34. The van der Waals surface area contributed by atoms with Crippen LogP contribution in [0, 0.1) is 5.92 Å². The normalized spacial score (nSPS) is 10.4. The topological polar surface area (TPSA) is 80.0 Å². The number of carbonyl (C=O) groups excluding carboxylic acids is 1. The second kappa shape index (κ2) is 7.66. The molecule has 5 heteroatoms. The highest BCUT2D eigenvalue weighted by Crippen LogP contribution is 2.07. The highest BCUT2D eigenvalue weighted by Gasteiger charge is 2.06. The van der Waals surface area contributed by atoms with Crippen LogP contribution < -0.4 is 16.6 Å². The molecule has 0 unspecified atom stereocenters. The zero-order valence-corrected chi connectivity index (χ0v) is 11.1. The van der Waals surface area contributed by atoms with Gasteiger partial charge in [-0.15, -0.1) is 0 Å². The third-order valence-electron chi connectivity index (χ3n) is 2.65. The molecular formula is C13H22N4O. The number of carbonyl (C=O) groups is 1. The summed E-state index contributed by atoms with van der Waals surface area (Å²) >= 11 is 0. The van der Waals surface area contributed by atoms with Crippen molar-refractivity contribution in [1.82, 2.24) is 10.3 Å². The molecule has 1 aromatic rings. The van der Waals surface area contributed by atoms with E-state index in [1.807, 2.05) is 0 Å². The van der Waals surface area contributed by atoms with Gasteiger partial charge in [0.1, 0.15) is 5.69 Å². The highest BCUT2D eigenvalue weighted by molar-refractivity contribution is 5.93. The second-order valence-electron chi connectivity index (χ2n) is 4.72. The smallest absolute Gasteiger partial charge is 0.269 e. The number of aromatic nitrogens is 1. The van der Waals surface area contributed by atoms with Crippen molar-refractivity contribution in [3.63, 3.8) is 0 Å². The Morgan fingerprint density at radius 1 is 1.44 bits per heavy atom. The highest BCUT2D eigenvalue weighted by atomic mass is 16.1. The van der Waals surface area contributed by atoms with Gasteiger partial charge < -0.3 is 10.7 Å². The van der Waals surface area contributed by atoms with Gasteiger partial charge in [-0.2, -0.15) is 0 Å². The van der Waals surface area contributed by atoms with Crippen molar-refractivity contribution in [2.24, 2.45) is 11.8 Å². The zero-order valence-electron chi connectivity index (χ0n) is 11.1. The molecule has 18 heavy (non-hydrogen) atoms. The number of nitrogen functional groups attached to an aromatic ring is 1. The van der Waals surface area contributed by atoms with Gasteiger partial charge in [-0.25, -0.2) is 0 Å². The van der Waals surface area contributed by atoms with Crippen molar-refractivity contribution in [3.8, 4) is 0 Å². The fourth-order valence-corrected chi connectivity index (χ4v) is 1.61. The maximum Gasteiger partial charge on any atom is 0.269 e. The number of unbranched alkanes of at least 4 members (excludes halogenated alkanes) is 1. The molecule has 0 aliphatic heterocycles. The van der Waals surface area contributed by atoms with Crippen LogP contribution in [0.1, 0.15) is 43.6 Å². The first-order valence-electron chi connectivity index (χ1n) is 6.34. The first-order chi connectivity index (χ1) is 8.63. The van der Waals surface area contributed by atoms with Gasteiger partial charge in [0, 0.05) is 12.7 Å². The Balaban J connectivity index is 2.31. The van der Waals surface area contributed by atoms with Crippen molar-refractivity contribution in [1.29, 1.82) is 0 Å². The van der Waals surface area contributed by atoms with Crippen LogP contribution in [-0.4, -0.2) is 17.4 Å². The lowest BCUT2D eigenvalue weighted by Gasteiger charge is -2.07. The minimum Gasteiger partial charge on any atom is -0.351 e. The minimum absolute atomic E-state index is 0.156. The number of hydrogen-bond acceptors (Lipinski definition) is 4. The van der Waals surface area contributed by atoms with Crippen LogP contribution >= 0.6 is 0 Å². The molecular weight excluding hydrogens is 228 g/mol. The average Bonchev–Trinajstić information content (AvgIpc) is 2.37. The second-order valence-corrected chi connectivity index (χ2v) is 4.72. The third-order valence-corrected chi connectivity index (χ3v) is 2.65. The Hall–Kier alpha value is -1.62. The van der Waals surface area contributed by atoms with Gasteiger partial charge >= 0.3 is 0 Å². The molecule has 0 atom stereocenters. The number of nitrogens with one attached hydrogen (secondary N) is 2. The Kier molecular flexibility index (Phi) is 6.14. The lowest BCUT2D eigenvalue weighted by molar-refractivity contribution is 0.0948. The Morgan fingerprint density at radius 3 is 2.89 bits per heavy atom. The van der Waals surface area contributed by atoms with Crippen molar-refractivity contribution in [2.75, 3.05) is 12.0 Å². The molecule has 5 nitrogen and oxygen atoms in total. The van der Waals surface area contributed by atoms with Crippen LogP contribution in [0.2, 0.25) is 0 Å². The van der Waals surface area contributed by atoms with E-state index in [1.54, 1.807) is 18.3 Å². The van der Waals surface area contributed by atoms with Crippen molar-refractivity contribution in [2.45, 2.75) is 33.1 Å². The maximum absolute atomic E-state index is 11.8. The molecule has 0 fully saturated rings. The molecule has 4 N–H and O–H groups in total. The summed E-state index contributed by atoms with van der Waals surface area (Å²) < 4.78 is 0. The van der Waals surface area contributed by atoms with Crippen molar-refractivity contribution < 1.29 is 4.79 Å². The number of amides is 1. The standard InChI is InChI=1S/C13H22N4O/c1-10(2)5-3-4-7-16-13(18)12-9-11(17-14)6-8-15-12/h6,8-10H,3-5,7,14H2,1-2H3,(H,15,17)(H,16,18). The fourth-order valence-electron chi connectivity index (χ4n) is 1.61. The Morgan fingerprint density at radius 2 is 2.22 bits per heavy atom. The van der Waals surface area contributed by atoms with E-state index < -0.39 is 0 Å². The Labute approximate surface area is 108 Å². The molecule has 1 heterocycles. The summed E-state index contributed by atoms with van der Waals surface area (Å²) in [4.78, 5) is 15.8. The van der Waals surface area contributed by atoms with E-state index >= 15 is 0 Å². The summed E-state index contributed by atoms with van der Waals surface area (Å²) in [6, 6.07) is 3.34. The monoisotopic (exact) mass is 250 g/mol. The minimum atomic E-state index is -0.156. The molecule has 1 aromatic heterocycles. The summed E-state index contributed by atoms with van der Waals surface area (Å²) in [6.07, 6.45) is 4.89. The van der Waals surface area contributed by atoms with Gasteiger partial charge in [-0.1, -0.05) is 26.7 Å². The van der Waals surface area contributed by atoms with E-state index in [2.05, 4.69) is 29.6 Å². The lowest BCUT2D eigenvalue weighted by Crippen LogP contribution is -2.25. The predicted molar refractivity (Wildman–Crippen MR) is 73.1 cm³/mol. The number of pyridine rings is 1. The van der Waals surface area contributed by atoms with Crippen LogP contribution in [0.5, 0.6) is 0 Å². The van der Waals surface area contributed by atoms with Crippen LogP contribution in [0.3, 0.4) is 0 Å². The summed E-state index contributed by atoms with van der Waals surface area (Å²) in [5.41, 5.74) is 3.55. The largest absolute Gasteiger partial charge is 0.351 e. The van der Waals surface area contributed by atoms with Crippen molar-refractivity contribution in [3.05, 3.63) is 24.0 Å². The Bertz CT molecular complexity index is 379. The molecule has 1 rings (SSSR count). The van der Waals surface area contributed by atoms with E-state index in [0.717, 1.165) is 18.8 Å². The van der Waals surface area contributed by atoms with Crippen LogP contribution in [-0.2, 0) is 0 Å². The number of nitrogens with two attached hydrogens (primary N) is 1. The fraction of sp³-hybridized carbons (Fsp3) is 0.538. The van der Waals surface area contributed by atoms with Crippen LogP contribution in [0.25, 0.3) is 0 Å². The summed E-state index contributed by atoms with van der Waals surface area (Å²) in [6.45, 7) is 5.09. The molecule has 100 valence electrons. The number of nitrogens with zero attached hydrogens (tertiary/aromatic N) is 1. The van der Waals surface area contributed by atoms with Gasteiger partial charge in [0.05, 0.1) is 5.69 Å². The molecule has 0 radical (unpaired) electrons. The number of anilines is 1. The quantitative estimate of drug-likeness (QED) is 0.392. The molecule has 0 aromatic carbocycles. The first kappa shape index (κ1) is 14.4. The number of hydrazine groups is 1. The molecule has 0 saturated carbocycles. The van der Waals surface area contributed by atoms with E-state index in [0.29, 0.717) is 17.9 Å². The summed E-state index contributed by atoms with van der Waals surface area (Å²) in [5, 5.41) is 2.85. The average molecular weight is 250 g/mol. The molecule has 0 bridgehead atoms. The zero-order chi connectivity index (χ0) is 13.4. The molecule has 1 amide bonds. The van der Waals surface area contributed by atoms with Crippen molar-refractivity contribution >= 4 is 11.6 Å². The van der Waals surface area contributed by atoms with E-state index in [-0.39, 0.29) is 5.91 Å². The van der Waals surface area contributed by atoms with E-state index in [9.17, 15) is 4.79 Å². The lowest BCUT2D eigenvalue weighted by atomic mass is 10.1. The van der Waals surface area contributed by atoms with Gasteiger partial charge in [0.15, 0.2) is 0 Å². The number of rotatable bonds is 7. The van der Waals surface area contributed by atoms with Gasteiger partial charge in [-0.05, 0) is 24.5 Å².